The minimum atomic E-state index is -0.614. The average molecular weight is 357 g/mol. The number of aliphatic hydroxyl groups is 1. The number of benzene rings is 2. The highest BCUT2D eigenvalue weighted by atomic mass is 16.6. The van der Waals surface area contributed by atoms with Gasteiger partial charge in [0.05, 0.1) is 32.3 Å². The van der Waals surface area contributed by atoms with Crippen molar-refractivity contribution in [2.75, 3.05) is 20.3 Å². The van der Waals surface area contributed by atoms with Crippen LogP contribution in [0.25, 0.3) is 10.8 Å². The van der Waals surface area contributed by atoms with E-state index in [2.05, 4.69) is 5.32 Å². The standard InChI is InChI=1S/C20H23NO5/c1-11(12-3-4-14-8-15(24-2)6-5-13(14)7-12)20(23)21-16-9-25-19-17(22)10-26-18(16)19/h3-8,11,16-19,22H,9-10H2,1-2H3,(H,21,23)/t11-,16-,17+,18+,19+/m0/s1. The smallest absolute Gasteiger partial charge is 0.227 e. The lowest BCUT2D eigenvalue weighted by Gasteiger charge is -2.20. The molecule has 2 saturated heterocycles. The van der Waals surface area contributed by atoms with E-state index in [0.717, 1.165) is 22.1 Å². The molecule has 2 aromatic rings. The molecule has 0 radical (unpaired) electrons. The monoisotopic (exact) mass is 357 g/mol. The molecule has 0 bridgehead atoms. The van der Waals surface area contributed by atoms with Crippen LogP contribution in [0.1, 0.15) is 18.4 Å². The molecule has 0 unspecified atom stereocenters. The number of amides is 1. The second-order valence-corrected chi connectivity index (χ2v) is 6.97. The molecule has 2 fully saturated rings. The van der Waals surface area contributed by atoms with Crippen molar-refractivity contribution in [1.29, 1.82) is 0 Å². The Morgan fingerprint density at radius 1 is 1.15 bits per heavy atom. The zero-order chi connectivity index (χ0) is 18.3. The van der Waals surface area contributed by atoms with Crippen molar-refractivity contribution in [2.45, 2.75) is 37.2 Å². The zero-order valence-electron chi connectivity index (χ0n) is 14.8. The fourth-order valence-electron chi connectivity index (χ4n) is 3.70. The fraction of sp³-hybridized carbons (Fsp3) is 0.450. The largest absolute Gasteiger partial charge is 0.497 e. The summed E-state index contributed by atoms with van der Waals surface area (Å²) in [7, 11) is 1.65. The van der Waals surface area contributed by atoms with E-state index in [-0.39, 0.29) is 36.7 Å². The van der Waals surface area contributed by atoms with Gasteiger partial charge in [0.2, 0.25) is 5.91 Å². The predicted molar refractivity (Wildman–Crippen MR) is 96.3 cm³/mol. The summed E-state index contributed by atoms with van der Waals surface area (Å²) < 4.78 is 16.4. The van der Waals surface area contributed by atoms with Gasteiger partial charge in [-0.3, -0.25) is 4.79 Å². The highest BCUT2D eigenvalue weighted by Gasteiger charge is 2.47. The number of ether oxygens (including phenoxy) is 3. The van der Waals surface area contributed by atoms with Crippen LogP contribution in [-0.2, 0) is 14.3 Å². The van der Waals surface area contributed by atoms with Crippen molar-refractivity contribution < 1.29 is 24.1 Å². The molecule has 26 heavy (non-hydrogen) atoms. The topological polar surface area (TPSA) is 77.0 Å². The molecule has 6 heteroatoms. The first-order valence-electron chi connectivity index (χ1n) is 8.86. The quantitative estimate of drug-likeness (QED) is 0.869. The van der Waals surface area contributed by atoms with E-state index in [0.29, 0.717) is 6.61 Å². The Morgan fingerprint density at radius 2 is 1.88 bits per heavy atom. The molecule has 2 aliphatic heterocycles. The maximum atomic E-state index is 12.7. The summed E-state index contributed by atoms with van der Waals surface area (Å²) in [6, 6.07) is 11.7. The van der Waals surface area contributed by atoms with Crippen molar-refractivity contribution in [3.8, 4) is 5.75 Å². The summed E-state index contributed by atoms with van der Waals surface area (Å²) in [6.07, 6.45) is -1.23. The van der Waals surface area contributed by atoms with Gasteiger partial charge in [-0.25, -0.2) is 0 Å². The molecule has 0 aliphatic carbocycles. The first-order valence-corrected chi connectivity index (χ1v) is 8.86. The van der Waals surface area contributed by atoms with Gasteiger partial charge in [-0.05, 0) is 35.4 Å². The second kappa shape index (κ2) is 6.87. The Labute approximate surface area is 152 Å². The lowest BCUT2D eigenvalue weighted by Crippen LogP contribution is -2.45. The minimum absolute atomic E-state index is 0.0721. The third-order valence-corrected chi connectivity index (χ3v) is 5.32. The number of methoxy groups -OCH3 is 1. The summed E-state index contributed by atoms with van der Waals surface area (Å²) in [5, 5.41) is 15.0. The maximum Gasteiger partial charge on any atom is 0.227 e. The number of hydrogen-bond acceptors (Lipinski definition) is 5. The van der Waals surface area contributed by atoms with Gasteiger partial charge in [0.15, 0.2) is 0 Å². The molecule has 2 aromatic carbocycles. The van der Waals surface area contributed by atoms with Crippen LogP contribution >= 0.6 is 0 Å². The van der Waals surface area contributed by atoms with Crippen molar-refractivity contribution in [3.05, 3.63) is 42.0 Å². The van der Waals surface area contributed by atoms with Gasteiger partial charge in [-0.15, -0.1) is 0 Å². The predicted octanol–water partition coefficient (Wildman–Crippen LogP) is 1.60. The van der Waals surface area contributed by atoms with E-state index >= 15 is 0 Å². The van der Waals surface area contributed by atoms with Gasteiger partial charge in [0.25, 0.3) is 0 Å². The first kappa shape index (κ1) is 17.3. The Morgan fingerprint density at radius 3 is 2.69 bits per heavy atom. The Hall–Kier alpha value is -2.15. The van der Waals surface area contributed by atoms with Crippen LogP contribution in [-0.4, -0.2) is 55.7 Å². The minimum Gasteiger partial charge on any atom is -0.497 e. The van der Waals surface area contributed by atoms with Gasteiger partial charge in [-0.2, -0.15) is 0 Å². The number of carbonyl (C=O) groups is 1. The van der Waals surface area contributed by atoms with Gasteiger partial charge >= 0.3 is 0 Å². The molecular formula is C20H23NO5. The first-order chi connectivity index (χ1) is 12.6. The molecule has 5 atom stereocenters. The van der Waals surface area contributed by atoms with Gasteiger partial charge in [0.1, 0.15) is 24.1 Å². The molecule has 2 heterocycles. The van der Waals surface area contributed by atoms with Crippen LogP contribution in [0.2, 0.25) is 0 Å². The molecule has 2 N–H and O–H groups in total. The number of hydrogen-bond donors (Lipinski definition) is 2. The molecule has 138 valence electrons. The van der Waals surface area contributed by atoms with E-state index in [1.807, 2.05) is 43.3 Å². The molecule has 6 nitrogen and oxygen atoms in total. The van der Waals surface area contributed by atoms with Crippen LogP contribution in [0.3, 0.4) is 0 Å². The van der Waals surface area contributed by atoms with Crippen molar-refractivity contribution in [1.82, 2.24) is 5.32 Å². The third kappa shape index (κ3) is 3.05. The van der Waals surface area contributed by atoms with Gasteiger partial charge < -0.3 is 24.6 Å². The highest BCUT2D eigenvalue weighted by molar-refractivity contribution is 5.88. The summed E-state index contributed by atoms with van der Waals surface area (Å²) in [5.74, 6) is 0.439. The number of fused-ring (bicyclic) bond motifs is 2. The van der Waals surface area contributed by atoms with E-state index in [1.54, 1.807) is 7.11 Å². The number of aliphatic hydroxyl groups excluding tert-OH is 1. The van der Waals surface area contributed by atoms with Crippen LogP contribution in [0.5, 0.6) is 5.75 Å². The van der Waals surface area contributed by atoms with Crippen LogP contribution in [0.15, 0.2) is 36.4 Å². The Bertz CT molecular complexity index is 823. The molecule has 2 aliphatic rings. The summed E-state index contributed by atoms with van der Waals surface area (Å²) in [4.78, 5) is 12.7. The number of rotatable bonds is 4. The molecule has 1 amide bonds. The SMILES string of the molecule is COc1ccc2cc([C@H](C)C(=O)N[C@H]3CO[C@H]4[C@@H]3OC[C@H]4O)ccc2c1. The Kier molecular flexibility index (Phi) is 4.56. The second-order valence-electron chi connectivity index (χ2n) is 6.97. The van der Waals surface area contributed by atoms with E-state index < -0.39 is 6.10 Å². The molecular weight excluding hydrogens is 334 g/mol. The normalized spacial score (nSPS) is 28.7. The Balaban J connectivity index is 1.47. The lowest BCUT2D eigenvalue weighted by molar-refractivity contribution is -0.123. The summed E-state index contributed by atoms with van der Waals surface area (Å²) >= 11 is 0. The lowest BCUT2D eigenvalue weighted by atomic mass is 9.96. The average Bonchev–Trinajstić information content (AvgIpc) is 3.23. The third-order valence-electron chi connectivity index (χ3n) is 5.32. The molecule has 0 spiro atoms. The van der Waals surface area contributed by atoms with Crippen LogP contribution in [0.4, 0.5) is 0 Å². The zero-order valence-corrected chi connectivity index (χ0v) is 14.8. The van der Waals surface area contributed by atoms with Gasteiger partial charge in [-0.1, -0.05) is 24.3 Å². The van der Waals surface area contributed by atoms with Crippen LogP contribution < -0.4 is 10.1 Å². The highest BCUT2D eigenvalue weighted by Crippen LogP contribution is 2.28. The van der Waals surface area contributed by atoms with E-state index in [4.69, 9.17) is 14.2 Å². The van der Waals surface area contributed by atoms with E-state index in [9.17, 15) is 9.90 Å². The van der Waals surface area contributed by atoms with Crippen molar-refractivity contribution >= 4 is 16.7 Å². The molecule has 4 rings (SSSR count). The van der Waals surface area contributed by atoms with Crippen molar-refractivity contribution in [3.63, 3.8) is 0 Å². The maximum absolute atomic E-state index is 12.7. The summed E-state index contributed by atoms with van der Waals surface area (Å²) in [6.45, 7) is 2.51. The molecule has 0 aromatic heterocycles. The number of carbonyl (C=O) groups excluding carboxylic acids is 1. The van der Waals surface area contributed by atoms with Gasteiger partial charge in [0, 0.05) is 0 Å². The number of nitrogens with one attached hydrogen (secondary N) is 1. The molecule has 0 saturated carbocycles. The fourth-order valence-corrected chi connectivity index (χ4v) is 3.70. The summed E-state index contributed by atoms with van der Waals surface area (Å²) in [5.41, 5.74) is 0.947. The van der Waals surface area contributed by atoms with E-state index in [1.165, 1.54) is 0 Å². The van der Waals surface area contributed by atoms with Crippen molar-refractivity contribution in [2.24, 2.45) is 0 Å². The van der Waals surface area contributed by atoms with Crippen LogP contribution in [0, 0.1) is 0 Å².